The summed E-state index contributed by atoms with van der Waals surface area (Å²) < 4.78 is 79.3. The number of rotatable bonds is 13. The van der Waals surface area contributed by atoms with Crippen LogP contribution in [0.15, 0.2) is 22.2 Å². The van der Waals surface area contributed by atoms with Crippen LogP contribution in [0, 0.1) is 0 Å². The van der Waals surface area contributed by atoms with Gasteiger partial charge in [0.05, 0.1) is 27.3 Å². The van der Waals surface area contributed by atoms with E-state index in [0.29, 0.717) is 7.57 Å². The molecule has 31 heteroatoms. The Kier molecular flexibility index (Phi) is 10.9. The van der Waals surface area contributed by atoms with E-state index in [1.54, 1.807) is 7.05 Å². The first kappa shape index (κ1) is 40.2. The highest BCUT2D eigenvalue weighted by atomic mass is 31.3. The third kappa shape index (κ3) is 7.82. The van der Waals surface area contributed by atoms with Gasteiger partial charge in [-0.25, -0.2) is 26.9 Å². The second-order valence-electron chi connectivity index (χ2n) is 12.3. The van der Waals surface area contributed by atoms with E-state index in [0.717, 1.165) is 0 Å². The number of nitrogen functional groups attached to an aromatic ring is 2. The zero-order chi connectivity index (χ0) is 39.7. The SMILES string of the molecule is BP(=O)(OP(=O)(O)OC[C@H]1O[C@@H](n2c[n+](C)c3c(=O)[nH]c(N)nc32)[C@H](O)[C@@H]1O)OP(=O)(O)OC[C@H]1O[C@@H](n2c[n+](C)c3c(=O)[nH]c(N)nc32)[C@H](OC)[C@@H]1O. The predicted octanol–water partition coefficient (Wildman–Crippen LogP) is -4.82. The number of fused-ring (bicyclic) bond motifs is 2. The topological polar surface area (TPSA) is 378 Å². The molecule has 0 aliphatic carbocycles. The van der Waals surface area contributed by atoms with E-state index in [1.807, 2.05) is 0 Å². The van der Waals surface area contributed by atoms with Crippen LogP contribution in [-0.2, 0) is 59.7 Å². The van der Waals surface area contributed by atoms with Gasteiger partial charge in [-0.3, -0.25) is 33.2 Å². The molecule has 296 valence electrons. The molecule has 0 bridgehead atoms. The summed E-state index contributed by atoms with van der Waals surface area (Å²) in [6, 6.07) is 0. The van der Waals surface area contributed by atoms with E-state index in [-0.39, 0.29) is 34.2 Å². The van der Waals surface area contributed by atoms with Gasteiger partial charge in [-0.05, 0) is 0 Å². The molecule has 4 aromatic heterocycles. The Balaban J connectivity index is 1.06. The van der Waals surface area contributed by atoms with Gasteiger partial charge in [0.25, 0.3) is 37.4 Å². The lowest BCUT2D eigenvalue weighted by Gasteiger charge is -2.22. The molecule has 3 unspecified atom stereocenters. The highest BCUT2D eigenvalue weighted by Gasteiger charge is 2.51. The number of H-pyrrole nitrogens is 2. The number of hydrogen-bond donors (Lipinski definition) is 9. The van der Waals surface area contributed by atoms with Gasteiger partial charge < -0.3 is 50.8 Å². The number of phosphoric acid groups is 2. The number of aliphatic hydroxyl groups is 3. The molecule has 0 amide bonds. The van der Waals surface area contributed by atoms with Gasteiger partial charge in [-0.15, -0.1) is 0 Å². The normalized spacial score (nSPS) is 29.4. The van der Waals surface area contributed by atoms with Crippen LogP contribution in [0.1, 0.15) is 12.5 Å². The van der Waals surface area contributed by atoms with Gasteiger partial charge in [0.1, 0.15) is 30.5 Å². The molecule has 54 heavy (non-hydrogen) atoms. The molecule has 6 heterocycles. The number of aliphatic hydroxyl groups excluding tert-OH is 3. The number of imidazole rings is 2. The van der Waals surface area contributed by atoms with E-state index < -0.39 is 96.5 Å². The van der Waals surface area contributed by atoms with E-state index >= 15 is 0 Å². The predicted molar refractivity (Wildman–Crippen MR) is 178 cm³/mol. The fourth-order valence-corrected chi connectivity index (χ4v) is 10.5. The van der Waals surface area contributed by atoms with Crippen LogP contribution in [0.25, 0.3) is 22.3 Å². The second-order valence-corrected chi connectivity index (χ2v) is 17.5. The average molecular weight is 828 g/mol. The summed E-state index contributed by atoms with van der Waals surface area (Å²) in [5, 5.41) is 32.1. The van der Waals surface area contributed by atoms with Crippen LogP contribution < -0.4 is 31.7 Å². The first-order valence-corrected chi connectivity index (χ1v) is 20.4. The van der Waals surface area contributed by atoms with Gasteiger partial charge in [-0.2, -0.15) is 19.1 Å². The number of aromatic nitrogens is 8. The van der Waals surface area contributed by atoms with Crippen LogP contribution in [0.4, 0.5) is 11.9 Å². The maximum atomic E-state index is 13.0. The van der Waals surface area contributed by atoms with Crippen molar-refractivity contribution in [2.75, 3.05) is 31.8 Å². The van der Waals surface area contributed by atoms with Gasteiger partial charge in [0.2, 0.25) is 37.0 Å². The van der Waals surface area contributed by atoms with E-state index in [9.17, 15) is 48.4 Å². The summed E-state index contributed by atoms with van der Waals surface area (Å²) in [7, 11) is -11.0. The smallest absolute Gasteiger partial charge is 0.387 e. The number of nitrogens with two attached hydrogens (primary N) is 2. The number of anilines is 2. The minimum absolute atomic E-state index is 0.0239. The van der Waals surface area contributed by atoms with Crippen molar-refractivity contribution in [3.63, 3.8) is 0 Å². The highest BCUT2D eigenvalue weighted by Crippen LogP contribution is 2.67. The van der Waals surface area contributed by atoms with Crippen LogP contribution >= 0.6 is 23.1 Å². The van der Waals surface area contributed by atoms with Gasteiger partial charge in [0.15, 0.2) is 6.10 Å². The minimum atomic E-state index is -5.43. The van der Waals surface area contributed by atoms with Crippen molar-refractivity contribution >= 4 is 64.9 Å². The lowest BCUT2D eigenvalue weighted by atomic mass is 10.1. The third-order valence-corrected chi connectivity index (χ3v) is 13.3. The molecule has 2 aliphatic heterocycles. The number of ether oxygens (including phenoxy) is 3. The number of methoxy groups -OCH3 is 1. The van der Waals surface area contributed by atoms with Gasteiger partial charge in [-0.1, -0.05) is 0 Å². The number of nitrogens with one attached hydrogen (secondary N) is 2. The molecule has 0 aromatic carbocycles. The molecule has 2 saturated heterocycles. The number of phosphoric ester groups is 2. The van der Waals surface area contributed by atoms with Crippen LogP contribution in [0.5, 0.6) is 0 Å². The first-order chi connectivity index (χ1) is 25.1. The monoisotopic (exact) mass is 828 g/mol. The summed E-state index contributed by atoms with van der Waals surface area (Å²) in [6.07, 6.45) is -8.82. The lowest BCUT2D eigenvalue weighted by molar-refractivity contribution is -0.646. The summed E-state index contributed by atoms with van der Waals surface area (Å²) >= 11 is 0. The van der Waals surface area contributed by atoms with Crippen LogP contribution in [-0.4, -0.2) is 119 Å². The Hall–Kier alpha value is -3.43. The molecule has 11 N–H and O–H groups in total. The summed E-state index contributed by atoms with van der Waals surface area (Å²) in [5.41, 5.74) is 10.3. The van der Waals surface area contributed by atoms with Gasteiger partial charge >= 0.3 is 26.8 Å². The number of nitrogens with zero attached hydrogens (tertiary/aromatic N) is 6. The van der Waals surface area contributed by atoms with Crippen molar-refractivity contribution in [2.24, 2.45) is 14.1 Å². The molecule has 0 spiro atoms. The molecule has 4 aromatic rings. The van der Waals surface area contributed by atoms with E-state index in [2.05, 4.69) is 28.6 Å². The molecular formula is C23H36BN10O17P3+2. The summed E-state index contributed by atoms with van der Waals surface area (Å²) in [5.74, 6) is -0.459. The Morgan fingerprint density at radius 2 is 1.24 bits per heavy atom. The fourth-order valence-electron chi connectivity index (χ4n) is 6.11. The third-order valence-electron chi connectivity index (χ3n) is 8.36. The molecule has 2 fully saturated rings. The molecule has 6 rings (SSSR count). The lowest BCUT2D eigenvalue weighted by Crippen LogP contribution is -2.35. The zero-order valence-electron chi connectivity index (χ0n) is 28.5. The van der Waals surface area contributed by atoms with Crippen molar-refractivity contribution < 1.29 is 79.8 Å². The van der Waals surface area contributed by atoms with Crippen LogP contribution in [0.3, 0.4) is 0 Å². The minimum Gasteiger partial charge on any atom is -0.387 e. The van der Waals surface area contributed by atoms with E-state index in [1.165, 1.54) is 45.1 Å². The maximum absolute atomic E-state index is 13.0. The molecule has 27 nitrogen and oxygen atoms in total. The standard InChI is InChI=1S/C23H34BN10O17P3/c1-31-6-33(16-10(31)18(38)29-22(25)27-16)20-14(37)12(35)8(48-20)4-46-53(41,42)50-52(24,40)51-54(43,44)47-5-9-13(36)15(45-3)21(49-9)34-7-32(2)11-17(34)28-23(26)30-19(11)39/h6-9,12-15,20-21,35-37H,4-5,24H2,1-3H3,(H6-2,25,26,27,28,29,30,38,39,41,42,43,44)/p+2/t8-,9-,12-,13-,14-,15-,20-,21-,52?/m1/s1. The van der Waals surface area contributed by atoms with Crippen molar-refractivity contribution in [1.29, 1.82) is 0 Å². The number of aromatic amines is 2. The second kappa shape index (κ2) is 14.6. The first-order valence-electron chi connectivity index (χ1n) is 15.5. The van der Waals surface area contributed by atoms with Gasteiger partial charge in [0, 0.05) is 7.11 Å². The molecular weight excluding hydrogens is 792 g/mol. The molecule has 0 saturated carbocycles. The molecule has 0 radical (unpaired) electrons. The van der Waals surface area contributed by atoms with Crippen molar-refractivity contribution in [1.82, 2.24) is 29.1 Å². The Morgan fingerprint density at radius 1 is 0.815 bits per heavy atom. The van der Waals surface area contributed by atoms with Crippen molar-refractivity contribution in [2.45, 2.75) is 49.1 Å². The quantitative estimate of drug-likeness (QED) is 0.0347. The Bertz CT molecular complexity index is 2350. The van der Waals surface area contributed by atoms with Crippen LogP contribution in [0.2, 0.25) is 0 Å². The Morgan fingerprint density at radius 3 is 1.70 bits per heavy atom. The number of aryl methyl sites for hydroxylation is 2. The average Bonchev–Trinajstić information content (AvgIpc) is 3.74. The highest BCUT2D eigenvalue weighted by molar-refractivity contribution is 7.86. The number of hydrogen-bond acceptors (Lipinski definition) is 19. The summed E-state index contributed by atoms with van der Waals surface area (Å²) in [4.78, 5) is 58.2. The maximum Gasteiger partial charge on any atom is 0.478 e. The zero-order valence-corrected chi connectivity index (χ0v) is 31.2. The molecule has 11 atom stereocenters. The fraction of sp³-hybridized carbons (Fsp3) is 0.565. The molecule has 2 aliphatic rings. The largest absolute Gasteiger partial charge is 0.478 e. The van der Waals surface area contributed by atoms with Crippen molar-refractivity contribution in [3.8, 4) is 0 Å². The Labute approximate surface area is 302 Å². The van der Waals surface area contributed by atoms with Crippen molar-refractivity contribution in [3.05, 3.63) is 33.4 Å². The summed E-state index contributed by atoms with van der Waals surface area (Å²) in [6.45, 7) is -1.84. The van der Waals surface area contributed by atoms with E-state index in [4.69, 9.17) is 34.7 Å².